The molecule has 0 spiro atoms. The van der Waals surface area contributed by atoms with Gasteiger partial charge >= 0.3 is 6.18 Å². The Hall–Kier alpha value is -1.80. The van der Waals surface area contributed by atoms with Crippen LogP contribution in [0.3, 0.4) is 0 Å². The zero-order valence-corrected chi connectivity index (χ0v) is 12.8. The Labute approximate surface area is 132 Å². The highest BCUT2D eigenvalue weighted by molar-refractivity contribution is 5.95. The number of hydrogen-bond donors (Lipinski definition) is 2. The molecule has 0 bridgehead atoms. The molecule has 1 aliphatic rings. The Kier molecular flexibility index (Phi) is 5.48. The van der Waals surface area contributed by atoms with Crippen LogP contribution < -0.4 is 11.1 Å². The molecule has 0 aliphatic carbocycles. The van der Waals surface area contributed by atoms with Gasteiger partial charge in [0.1, 0.15) is 0 Å². The first-order valence-corrected chi connectivity index (χ1v) is 7.30. The van der Waals surface area contributed by atoms with E-state index in [-0.39, 0.29) is 17.4 Å². The zero-order valence-electron chi connectivity index (χ0n) is 12.8. The van der Waals surface area contributed by atoms with E-state index in [0.29, 0.717) is 13.1 Å². The molecule has 2 rings (SSSR count). The Morgan fingerprint density at radius 2 is 2.17 bits per heavy atom. The largest absolute Gasteiger partial charge is 0.416 e. The van der Waals surface area contributed by atoms with Gasteiger partial charge in [-0.3, -0.25) is 9.69 Å². The number of amides is 1. The first-order valence-electron chi connectivity index (χ1n) is 7.30. The van der Waals surface area contributed by atoms with Gasteiger partial charge in [0.05, 0.1) is 11.7 Å². The molecule has 1 fully saturated rings. The number of nitrogens with two attached hydrogens (primary N) is 1. The van der Waals surface area contributed by atoms with E-state index in [1.807, 2.05) is 0 Å². The van der Waals surface area contributed by atoms with E-state index in [1.54, 1.807) is 7.11 Å². The standard InChI is InChI=1S/C15H20F3N3O2/c1-23-13-2-4-21(9-13)5-3-20-14(22)10-6-11(15(16,17)18)8-12(19)7-10/h6-8,13H,2-5,9,19H2,1H3,(H,20,22)/t13-/m0/s1. The van der Waals surface area contributed by atoms with Gasteiger partial charge in [-0.2, -0.15) is 13.2 Å². The first kappa shape index (κ1) is 17.6. The molecular formula is C15H20F3N3O2. The van der Waals surface area contributed by atoms with E-state index in [0.717, 1.165) is 31.6 Å². The summed E-state index contributed by atoms with van der Waals surface area (Å²) in [6.07, 6.45) is -3.39. The number of halogens is 3. The molecule has 3 N–H and O–H groups in total. The molecule has 8 heteroatoms. The number of nitrogens with one attached hydrogen (secondary N) is 1. The van der Waals surface area contributed by atoms with Crippen molar-refractivity contribution >= 4 is 11.6 Å². The summed E-state index contributed by atoms with van der Waals surface area (Å²) in [4.78, 5) is 14.1. The fourth-order valence-corrected chi connectivity index (χ4v) is 2.57. The van der Waals surface area contributed by atoms with Crippen molar-refractivity contribution in [3.63, 3.8) is 0 Å². The third-order valence-electron chi connectivity index (χ3n) is 3.82. The van der Waals surface area contributed by atoms with Gasteiger partial charge in [0.2, 0.25) is 0 Å². The van der Waals surface area contributed by atoms with Crippen LogP contribution in [-0.4, -0.2) is 50.2 Å². The van der Waals surface area contributed by atoms with Crippen molar-refractivity contribution in [2.45, 2.75) is 18.7 Å². The molecule has 128 valence electrons. The zero-order chi connectivity index (χ0) is 17.0. The third-order valence-corrected chi connectivity index (χ3v) is 3.82. The summed E-state index contributed by atoms with van der Waals surface area (Å²) >= 11 is 0. The van der Waals surface area contributed by atoms with Gasteiger partial charge in [-0.1, -0.05) is 0 Å². The van der Waals surface area contributed by atoms with Crippen LogP contribution in [0.25, 0.3) is 0 Å². The second-order valence-electron chi connectivity index (χ2n) is 5.54. The number of hydrogen-bond acceptors (Lipinski definition) is 4. The number of likely N-dealkylation sites (tertiary alicyclic amines) is 1. The number of nitrogens with zero attached hydrogens (tertiary/aromatic N) is 1. The van der Waals surface area contributed by atoms with E-state index >= 15 is 0 Å². The fourth-order valence-electron chi connectivity index (χ4n) is 2.57. The van der Waals surface area contributed by atoms with Crippen molar-refractivity contribution < 1.29 is 22.7 Å². The quantitative estimate of drug-likeness (QED) is 0.807. The van der Waals surface area contributed by atoms with Crippen LogP contribution >= 0.6 is 0 Å². The molecule has 1 atom stereocenters. The summed E-state index contributed by atoms with van der Waals surface area (Å²) in [5, 5.41) is 2.62. The summed E-state index contributed by atoms with van der Waals surface area (Å²) in [5.41, 5.74) is 4.35. The lowest BCUT2D eigenvalue weighted by atomic mass is 10.1. The molecule has 0 saturated carbocycles. The molecule has 1 heterocycles. The second kappa shape index (κ2) is 7.18. The minimum Gasteiger partial charge on any atom is -0.399 e. The van der Waals surface area contributed by atoms with Crippen molar-refractivity contribution in [1.29, 1.82) is 0 Å². The molecule has 1 amide bonds. The van der Waals surface area contributed by atoms with E-state index in [9.17, 15) is 18.0 Å². The minimum atomic E-state index is -4.53. The number of carbonyl (C=O) groups is 1. The minimum absolute atomic E-state index is 0.0893. The lowest BCUT2D eigenvalue weighted by Crippen LogP contribution is -2.34. The average molecular weight is 331 g/mol. The van der Waals surface area contributed by atoms with Crippen LogP contribution in [0.2, 0.25) is 0 Å². The molecule has 23 heavy (non-hydrogen) atoms. The topological polar surface area (TPSA) is 67.6 Å². The number of nitrogen functional groups attached to an aromatic ring is 1. The predicted octanol–water partition coefficient (Wildman–Crippen LogP) is 1.74. The molecule has 0 radical (unpaired) electrons. The number of benzene rings is 1. The van der Waals surface area contributed by atoms with Crippen molar-refractivity contribution in [2.75, 3.05) is 39.0 Å². The molecule has 1 aromatic carbocycles. The number of carbonyl (C=O) groups excluding carboxylic acids is 1. The van der Waals surface area contributed by atoms with E-state index < -0.39 is 17.6 Å². The number of ether oxygens (including phenoxy) is 1. The number of alkyl halides is 3. The molecule has 0 aromatic heterocycles. The fraction of sp³-hybridized carbons (Fsp3) is 0.533. The molecule has 1 saturated heterocycles. The summed E-state index contributed by atoms with van der Waals surface area (Å²) in [7, 11) is 1.66. The summed E-state index contributed by atoms with van der Waals surface area (Å²) in [6.45, 7) is 2.65. The van der Waals surface area contributed by atoms with Gasteiger partial charge in [0.15, 0.2) is 0 Å². The van der Waals surface area contributed by atoms with Crippen molar-refractivity contribution in [3.8, 4) is 0 Å². The molecular weight excluding hydrogens is 311 g/mol. The van der Waals surface area contributed by atoms with Crippen LogP contribution in [-0.2, 0) is 10.9 Å². The van der Waals surface area contributed by atoms with Gasteiger partial charge in [0, 0.05) is 44.5 Å². The molecule has 1 aromatic rings. The molecule has 5 nitrogen and oxygen atoms in total. The average Bonchev–Trinajstić information content (AvgIpc) is 2.93. The second-order valence-corrected chi connectivity index (χ2v) is 5.54. The normalized spacial score (nSPS) is 19.0. The highest BCUT2D eigenvalue weighted by atomic mass is 19.4. The maximum Gasteiger partial charge on any atom is 0.416 e. The van der Waals surface area contributed by atoms with E-state index in [2.05, 4.69) is 10.2 Å². The van der Waals surface area contributed by atoms with Crippen LogP contribution in [0.15, 0.2) is 18.2 Å². The smallest absolute Gasteiger partial charge is 0.399 e. The van der Waals surface area contributed by atoms with Gasteiger partial charge in [-0.25, -0.2) is 0 Å². The summed E-state index contributed by atoms with van der Waals surface area (Å²) in [6, 6.07) is 2.86. The Balaban J connectivity index is 1.90. The monoisotopic (exact) mass is 331 g/mol. The Bertz CT molecular complexity index is 563. The predicted molar refractivity (Wildman–Crippen MR) is 80.0 cm³/mol. The lowest BCUT2D eigenvalue weighted by Gasteiger charge is -2.16. The lowest BCUT2D eigenvalue weighted by molar-refractivity contribution is -0.137. The highest BCUT2D eigenvalue weighted by Crippen LogP contribution is 2.31. The summed E-state index contributed by atoms with van der Waals surface area (Å²) < 4.78 is 43.4. The molecule has 1 aliphatic heterocycles. The van der Waals surface area contributed by atoms with Crippen LogP contribution in [0.5, 0.6) is 0 Å². The van der Waals surface area contributed by atoms with Gasteiger partial charge in [0.25, 0.3) is 5.91 Å². The maximum atomic E-state index is 12.7. The van der Waals surface area contributed by atoms with Gasteiger partial charge in [-0.05, 0) is 24.6 Å². The SMILES string of the molecule is CO[C@H]1CCN(CCNC(=O)c2cc(N)cc(C(F)(F)F)c2)C1. The van der Waals surface area contributed by atoms with Crippen LogP contribution in [0.1, 0.15) is 22.3 Å². The Morgan fingerprint density at radius 1 is 1.43 bits per heavy atom. The van der Waals surface area contributed by atoms with Crippen molar-refractivity contribution in [1.82, 2.24) is 10.2 Å². The molecule has 0 unspecified atom stereocenters. The van der Waals surface area contributed by atoms with Gasteiger partial charge in [-0.15, -0.1) is 0 Å². The number of anilines is 1. The van der Waals surface area contributed by atoms with Gasteiger partial charge < -0.3 is 15.8 Å². The van der Waals surface area contributed by atoms with Crippen molar-refractivity contribution in [3.05, 3.63) is 29.3 Å². The summed E-state index contributed by atoms with van der Waals surface area (Å²) in [5.74, 6) is -0.565. The third kappa shape index (κ3) is 4.84. The van der Waals surface area contributed by atoms with Crippen LogP contribution in [0, 0.1) is 0 Å². The highest BCUT2D eigenvalue weighted by Gasteiger charge is 2.31. The number of methoxy groups -OCH3 is 1. The van der Waals surface area contributed by atoms with E-state index in [1.165, 1.54) is 6.07 Å². The first-order chi connectivity index (χ1) is 10.8. The Morgan fingerprint density at radius 3 is 2.78 bits per heavy atom. The maximum absolute atomic E-state index is 12.7. The number of rotatable bonds is 5. The van der Waals surface area contributed by atoms with Crippen molar-refractivity contribution in [2.24, 2.45) is 0 Å². The van der Waals surface area contributed by atoms with Crippen LogP contribution in [0.4, 0.5) is 18.9 Å². The van der Waals surface area contributed by atoms with E-state index in [4.69, 9.17) is 10.5 Å².